The summed E-state index contributed by atoms with van der Waals surface area (Å²) in [7, 11) is 0. The molecule has 4 heteroatoms. The van der Waals surface area contributed by atoms with E-state index < -0.39 is 0 Å². The molecule has 1 aromatic carbocycles. The maximum Gasteiger partial charge on any atom is 0.219 e. The standard InChI is InChI=1S/C17H17N3O/c1-12(18)10-13-7-8-17(20-11-13)21-16-6-2-5-15-14(16)4-3-9-19-15/h2-9,11-12H,10,18H2,1H3. The van der Waals surface area contributed by atoms with Crippen LogP contribution in [-0.2, 0) is 6.42 Å². The van der Waals surface area contributed by atoms with Gasteiger partial charge in [0.25, 0.3) is 0 Å². The van der Waals surface area contributed by atoms with E-state index in [9.17, 15) is 0 Å². The van der Waals surface area contributed by atoms with Crippen LogP contribution in [0.3, 0.4) is 0 Å². The van der Waals surface area contributed by atoms with E-state index in [0.717, 1.165) is 28.6 Å². The first-order valence-corrected chi connectivity index (χ1v) is 6.94. The Bertz CT molecular complexity index is 733. The highest BCUT2D eigenvalue weighted by Crippen LogP contribution is 2.27. The first-order chi connectivity index (χ1) is 10.2. The normalized spacial score (nSPS) is 12.3. The van der Waals surface area contributed by atoms with E-state index in [4.69, 9.17) is 10.5 Å². The van der Waals surface area contributed by atoms with Crippen molar-refractivity contribution in [1.82, 2.24) is 9.97 Å². The van der Waals surface area contributed by atoms with Crippen LogP contribution >= 0.6 is 0 Å². The van der Waals surface area contributed by atoms with Crippen molar-refractivity contribution in [2.75, 3.05) is 0 Å². The van der Waals surface area contributed by atoms with Crippen LogP contribution in [0.15, 0.2) is 54.9 Å². The number of fused-ring (bicyclic) bond motifs is 1. The summed E-state index contributed by atoms with van der Waals surface area (Å²) in [5.41, 5.74) is 7.80. The number of rotatable bonds is 4. The highest BCUT2D eigenvalue weighted by Gasteiger charge is 2.05. The molecule has 21 heavy (non-hydrogen) atoms. The second-order valence-electron chi connectivity index (χ2n) is 5.11. The maximum absolute atomic E-state index is 5.87. The van der Waals surface area contributed by atoms with Gasteiger partial charge < -0.3 is 10.5 Å². The third-order valence-corrected chi connectivity index (χ3v) is 3.18. The predicted octanol–water partition coefficient (Wildman–Crippen LogP) is 3.31. The van der Waals surface area contributed by atoms with Crippen LogP contribution in [0.25, 0.3) is 10.9 Å². The van der Waals surface area contributed by atoms with Gasteiger partial charge in [-0.15, -0.1) is 0 Å². The van der Waals surface area contributed by atoms with E-state index in [1.54, 1.807) is 6.20 Å². The van der Waals surface area contributed by atoms with Crippen molar-refractivity contribution in [3.05, 3.63) is 60.4 Å². The van der Waals surface area contributed by atoms with Gasteiger partial charge in [-0.3, -0.25) is 4.98 Å². The summed E-state index contributed by atoms with van der Waals surface area (Å²) in [4.78, 5) is 8.65. The third-order valence-electron chi connectivity index (χ3n) is 3.18. The SMILES string of the molecule is CC(N)Cc1ccc(Oc2cccc3ncccc23)nc1. The summed E-state index contributed by atoms with van der Waals surface area (Å²) < 4.78 is 5.87. The molecular formula is C17H17N3O. The molecule has 0 bridgehead atoms. The second-order valence-corrected chi connectivity index (χ2v) is 5.11. The molecule has 0 aliphatic rings. The van der Waals surface area contributed by atoms with Gasteiger partial charge in [0.15, 0.2) is 0 Å². The van der Waals surface area contributed by atoms with Gasteiger partial charge in [0.1, 0.15) is 5.75 Å². The Labute approximate surface area is 123 Å². The Hall–Kier alpha value is -2.46. The molecule has 0 saturated heterocycles. The quantitative estimate of drug-likeness (QED) is 0.796. The van der Waals surface area contributed by atoms with Crippen molar-refractivity contribution >= 4 is 10.9 Å². The fraction of sp³-hybridized carbons (Fsp3) is 0.176. The lowest BCUT2D eigenvalue weighted by molar-refractivity contribution is 0.467. The lowest BCUT2D eigenvalue weighted by atomic mass is 10.1. The lowest BCUT2D eigenvalue weighted by Gasteiger charge is -2.09. The number of pyridine rings is 2. The van der Waals surface area contributed by atoms with E-state index in [0.29, 0.717) is 5.88 Å². The molecule has 0 saturated carbocycles. The average molecular weight is 279 g/mol. The second kappa shape index (κ2) is 5.89. The van der Waals surface area contributed by atoms with Gasteiger partial charge in [-0.25, -0.2) is 4.98 Å². The Morgan fingerprint density at radius 2 is 2.00 bits per heavy atom. The van der Waals surface area contributed by atoms with Crippen LogP contribution < -0.4 is 10.5 Å². The molecule has 1 unspecified atom stereocenters. The molecule has 3 aromatic rings. The number of ether oxygens (including phenoxy) is 1. The Morgan fingerprint density at radius 1 is 1.10 bits per heavy atom. The zero-order chi connectivity index (χ0) is 14.7. The number of nitrogens with zero attached hydrogens (tertiary/aromatic N) is 2. The fourth-order valence-corrected chi connectivity index (χ4v) is 2.24. The first kappa shape index (κ1) is 13.5. The van der Waals surface area contributed by atoms with Gasteiger partial charge in [0.2, 0.25) is 5.88 Å². The monoisotopic (exact) mass is 279 g/mol. The number of hydrogen-bond donors (Lipinski definition) is 1. The van der Waals surface area contributed by atoms with Crippen molar-refractivity contribution in [3.63, 3.8) is 0 Å². The molecule has 106 valence electrons. The van der Waals surface area contributed by atoms with E-state index in [2.05, 4.69) is 9.97 Å². The summed E-state index contributed by atoms with van der Waals surface area (Å²) in [6.07, 6.45) is 4.39. The van der Waals surface area contributed by atoms with Crippen LogP contribution in [0.1, 0.15) is 12.5 Å². The van der Waals surface area contributed by atoms with Crippen LogP contribution in [-0.4, -0.2) is 16.0 Å². The molecule has 0 spiro atoms. The fourth-order valence-electron chi connectivity index (χ4n) is 2.24. The summed E-state index contributed by atoms with van der Waals surface area (Å²) in [6, 6.07) is 13.7. The summed E-state index contributed by atoms with van der Waals surface area (Å²) in [5.74, 6) is 1.33. The van der Waals surface area contributed by atoms with Gasteiger partial charge >= 0.3 is 0 Å². The van der Waals surface area contributed by atoms with E-state index in [1.165, 1.54) is 0 Å². The Kier molecular flexibility index (Phi) is 3.79. The first-order valence-electron chi connectivity index (χ1n) is 6.94. The van der Waals surface area contributed by atoms with Gasteiger partial charge in [0, 0.05) is 29.9 Å². The minimum Gasteiger partial charge on any atom is -0.438 e. The molecule has 1 atom stereocenters. The number of hydrogen-bond acceptors (Lipinski definition) is 4. The van der Waals surface area contributed by atoms with Crippen molar-refractivity contribution < 1.29 is 4.74 Å². The van der Waals surface area contributed by atoms with Gasteiger partial charge in [-0.2, -0.15) is 0 Å². The van der Waals surface area contributed by atoms with Crippen molar-refractivity contribution in [1.29, 1.82) is 0 Å². The van der Waals surface area contributed by atoms with Gasteiger partial charge in [-0.1, -0.05) is 12.1 Å². The van der Waals surface area contributed by atoms with Gasteiger partial charge in [-0.05, 0) is 43.2 Å². The topological polar surface area (TPSA) is 61.0 Å². The highest BCUT2D eigenvalue weighted by molar-refractivity contribution is 5.85. The van der Waals surface area contributed by atoms with Gasteiger partial charge in [0.05, 0.1) is 5.52 Å². The van der Waals surface area contributed by atoms with Crippen molar-refractivity contribution in [2.45, 2.75) is 19.4 Å². The summed E-state index contributed by atoms with van der Waals surface area (Å²) >= 11 is 0. The summed E-state index contributed by atoms with van der Waals surface area (Å²) in [5, 5.41) is 0.974. The Morgan fingerprint density at radius 3 is 2.76 bits per heavy atom. The number of nitrogens with two attached hydrogens (primary N) is 1. The summed E-state index contributed by atoms with van der Waals surface area (Å²) in [6.45, 7) is 1.98. The minimum absolute atomic E-state index is 0.128. The van der Waals surface area contributed by atoms with Crippen LogP contribution in [0.2, 0.25) is 0 Å². The lowest BCUT2D eigenvalue weighted by Crippen LogP contribution is -2.17. The molecule has 3 rings (SSSR count). The molecule has 0 amide bonds. The highest BCUT2D eigenvalue weighted by atomic mass is 16.5. The number of benzene rings is 1. The zero-order valence-corrected chi connectivity index (χ0v) is 11.9. The smallest absolute Gasteiger partial charge is 0.219 e. The molecule has 0 fully saturated rings. The van der Waals surface area contributed by atoms with Crippen LogP contribution in [0, 0.1) is 0 Å². The van der Waals surface area contributed by atoms with Crippen molar-refractivity contribution in [2.24, 2.45) is 5.73 Å². The largest absolute Gasteiger partial charge is 0.438 e. The Balaban J connectivity index is 1.85. The molecule has 2 N–H and O–H groups in total. The van der Waals surface area contributed by atoms with E-state index >= 15 is 0 Å². The maximum atomic E-state index is 5.87. The van der Waals surface area contributed by atoms with E-state index in [-0.39, 0.29) is 6.04 Å². The third kappa shape index (κ3) is 3.17. The zero-order valence-electron chi connectivity index (χ0n) is 11.9. The molecule has 0 radical (unpaired) electrons. The molecule has 2 aromatic heterocycles. The minimum atomic E-state index is 0.128. The predicted molar refractivity (Wildman–Crippen MR) is 83.4 cm³/mol. The van der Waals surface area contributed by atoms with Crippen molar-refractivity contribution in [3.8, 4) is 11.6 Å². The molecule has 0 aliphatic carbocycles. The molecular weight excluding hydrogens is 262 g/mol. The average Bonchev–Trinajstić information content (AvgIpc) is 2.49. The number of aromatic nitrogens is 2. The van der Waals surface area contributed by atoms with Crippen LogP contribution in [0.4, 0.5) is 0 Å². The van der Waals surface area contributed by atoms with Crippen LogP contribution in [0.5, 0.6) is 11.6 Å². The van der Waals surface area contributed by atoms with E-state index in [1.807, 2.05) is 55.6 Å². The molecule has 2 heterocycles. The molecule has 4 nitrogen and oxygen atoms in total. The molecule has 0 aliphatic heterocycles.